The van der Waals surface area contributed by atoms with E-state index in [9.17, 15) is 18.0 Å². The van der Waals surface area contributed by atoms with Crippen LogP contribution in [0.15, 0.2) is 12.1 Å². The van der Waals surface area contributed by atoms with E-state index in [2.05, 4.69) is 0 Å². The number of hydrogen-bond donors (Lipinski definition) is 0. The van der Waals surface area contributed by atoms with Crippen molar-refractivity contribution in [3.05, 3.63) is 35.1 Å². The van der Waals surface area contributed by atoms with Gasteiger partial charge in [0.1, 0.15) is 5.82 Å². The molecule has 1 fully saturated rings. The first-order valence-corrected chi connectivity index (χ1v) is 5.29. The van der Waals surface area contributed by atoms with Crippen molar-refractivity contribution in [2.75, 3.05) is 6.61 Å². The van der Waals surface area contributed by atoms with Gasteiger partial charge in [-0.3, -0.25) is 4.79 Å². The number of ketones is 1. The maximum atomic E-state index is 13.4. The van der Waals surface area contributed by atoms with Crippen molar-refractivity contribution in [1.29, 1.82) is 0 Å². The van der Waals surface area contributed by atoms with Gasteiger partial charge in [0.25, 0.3) is 0 Å². The first-order chi connectivity index (χ1) is 7.99. The molecule has 5 heteroatoms. The Kier molecular flexibility index (Phi) is 3.19. The molecule has 0 N–H and O–H groups in total. The van der Waals surface area contributed by atoms with Gasteiger partial charge in [0.15, 0.2) is 17.4 Å². The predicted octanol–water partition coefficient (Wildman–Crippen LogP) is 2.71. The van der Waals surface area contributed by atoms with Gasteiger partial charge in [-0.25, -0.2) is 13.2 Å². The Hall–Kier alpha value is -1.36. The molecule has 2 nitrogen and oxygen atoms in total. The van der Waals surface area contributed by atoms with Gasteiger partial charge in [0, 0.05) is 12.0 Å². The Balaban J connectivity index is 2.28. The van der Waals surface area contributed by atoms with Crippen LogP contribution in [0, 0.1) is 23.4 Å². The monoisotopic (exact) mass is 244 g/mol. The van der Waals surface area contributed by atoms with E-state index in [0.717, 1.165) is 0 Å². The lowest BCUT2D eigenvalue weighted by atomic mass is 9.95. The van der Waals surface area contributed by atoms with Gasteiger partial charge in [0.2, 0.25) is 0 Å². The van der Waals surface area contributed by atoms with Gasteiger partial charge in [0.05, 0.1) is 18.3 Å². The van der Waals surface area contributed by atoms with Gasteiger partial charge >= 0.3 is 0 Å². The molecular formula is C12H11F3O2. The van der Waals surface area contributed by atoms with Gasteiger partial charge in [-0.05, 0) is 19.4 Å². The standard InChI is InChI=1S/C12H11F3O2/c1-6-2-7(5-17-6)12(16)8-3-10(14)11(15)4-9(8)13/h3-4,6-7H,2,5H2,1H3. The first kappa shape index (κ1) is 12.1. The van der Waals surface area contributed by atoms with Crippen LogP contribution in [0.25, 0.3) is 0 Å². The van der Waals surface area contributed by atoms with Crippen LogP contribution in [-0.2, 0) is 4.74 Å². The number of benzene rings is 1. The molecule has 1 aromatic carbocycles. The molecule has 2 atom stereocenters. The predicted molar refractivity (Wildman–Crippen MR) is 54.2 cm³/mol. The topological polar surface area (TPSA) is 26.3 Å². The fraction of sp³-hybridized carbons (Fsp3) is 0.417. The maximum Gasteiger partial charge on any atom is 0.171 e. The molecule has 0 saturated carbocycles. The Bertz CT molecular complexity index is 459. The van der Waals surface area contributed by atoms with E-state index < -0.39 is 34.7 Å². The zero-order valence-electron chi connectivity index (χ0n) is 9.17. The lowest BCUT2D eigenvalue weighted by Crippen LogP contribution is -2.17. The minimum atomic E-state index is -1.30. The molecule has 2 unspecified atom stereocenters. The fourth-order valence-electron chi connectivity index (χ4n) is 1.93. The van der Waals surface area contributed by atoms with Crippen LogP contribution in [0.1, 0.15) is 23.7 Å². The second-order valence-corrected chi connectivity index (χ2v) is 4.19. The van der Waals surface area contributed by atoms with Crippen molar-refractivity contribution in [2.24, 2.45) is 5.92 Å². The van der Waals surface area contributed by atoms with Crippen LogP contribution >= 0.6 is 0 Å². The van der Waals surface area contributed by atoms with E-state index in [4.69, 9.17) is 4.74 Å². The van der Waals surface area contributed by atoms with Gasteiger partial charge in [-0.15, -0.1) is 0 Å². The van der Waals surface area contributed by atoms with Crippen molar-refractivity contribution in [2.45, 2.75) is 19.4 Å². The van der Waals surface area contributed by atoms with Crippen molar-refractivity contribution in [1.82, 2.24) is 0 Å². The van der Waals surface area contributed by atoms with E-state index in [0.29, 0.717) is 18.6 Å². The quantitative estimate of drug-likeness (QED) is 0.590. The molecule has 0 radical (unpaired) electrons. The number of Topliss-reactive ketones (excluding diaryl/α,β-unsaturated/α-hetero) is 1. The number of carbonyl (C=O) groups excluding carboxylic acids is 1. The summed E-state index contributed by atoms with van der Waals surface area (Å²) in [6.45, 7) is 1.99. The average molecular weight is 244 g/mol. The number of carbonyl (C=O) groups is 1. The molecule has 17 heavy (non-hydrogen) atoms. The molecule has 92 valence electrons. The van der Waals surface area contributed by atoms with E-state index in [-0.39, 0.29) is 12.7 Å². The average Bonchev–Trinajstić information content (AvgIpc) is 2.69. The molecule has 1 saturated heterocycles. The van der Waals surface area contributed by atoms with Crippen LogP contribution in [0.2, 0.25) is 0 Å². The smallest absolute Gasteiger partial charge is 0.171 e. The molecule has 0 aliphatic carbocycles. The molecule has 1 aromatic rings. The minimum absolute atomic E-state index is 0.0719. The van der Waals surface area contributed by atoms with Crippen LogP contribution in [-0.4, -0.2) is 18.5 Å². The molecule has 1 heterocycles. The summed E-state index contributed by atoms with van der Waals surface area (Å²) >= 11 is 0. The summed E-state index contributed by atoms with van der Waals surface area (Å²) in [5, 5.41) is 0. The minimum Gasteiger partial charge on any atom is -0.378 e. The Morgan fingerprint density at radius 2 is 1.88 bits per heavy atom. The number of rotatable bonds is 2. The number of hydrogen-bond acceptors (Lipinski definition) is 2. The van der Waals surface area contributed by atoms with Crippen molar-refractivity contribution in [3.8, 4) is 0 Å². The third-order valence-corrected chi connectivity index (χ3v) is 2.84. The molecule has 0 amide bonds. The summed E-state index contributed by atoms with van der Waals surface area (Å²) in [5.74, 6) is -4.57. The SMILES string of the molecule is CC1CC(C(=O)c2cc(F)c(F)cc2F)CO1. The summed E-state index contributed by atoms with van der Waals surface area (Å²) in [7, 11) is 0. The zero-order valence-corrected chi connectivity index (χ0v) is 9.17. The summed E-state index contributed by atoms with van der Waals surface area (Å²) in [4.78, 5) is 11.9. The van der Waals surface area contributed by atoms with Crippen LogP contribution in [0.5, 0.6) is 0 Å². The summed E-state index contributed by atoms with van der Waals surface area (Å²) in [6, 6.07) is 0.998. The van der Waals surface area contributed by atoms with Crippen LogP contribution in [0.3, 0.4) is 0 Å². The number of halogens is 3. The fourth-order valence-corrected chi connectivity index (χ4v) is 1.93. The Labute approximate surface area is 96.4 Å². The third-order valence-electron chi connectivity index (χ3n) is 2.84. The second-order valence-electron chi connectivity index (χ2n) is 4.19. The molecular weight excluding hydrogens is 233 g/mol. The number of ether oxygens (including phenoxy) is 1. The molecule has 2 rings (SSSR count). The molecule has 0 aromatic heterocycles. The van der Waals surface area contributed by atoms with E-state index in [1.807, 2.05) is 0 Å². The highest BCUT2D eigenvalue weighted by Crippen LogP contribution is 2.25. The van der Waals surface area contributed by atoms with Gasteiger partial charge < -0.3 is 4.74 Å². The highest BCUT2D eigenvalue weighted by molar-refractivity contribution is 5.98. The summed E-state index contributed by atoms with van der Waals surface area (Å²) in [5.41, 5.74) is -0.411. The van der Waals surface area contributed by atoms with Crippen LogP contribution in [0.4, 0.5) is 13.2 Å². The van der Waals surface area contributed by atoms with E-state index in [1.54, 1.807) is 6.92 Å². The van der Waals surface area contributed by atoms with Crippen LogP contribution < -0.4 is 0 Å². The highest BCUT2D eigenvalue weighted by Gasteiger charge is 2.31. The normalized spacial score (nSPS) is 24.0. The Morgan fingerprint density at radius 1 is 1.24 bits per heavy atom. The first-order valence-electron chi connectivity index (χ1n) is 5.29. The van der Waals surface area contributed by atoms with Crippen molar-refractivity contribution < 1.29 is 22.7 Å². The molecule has 1 aliphatic rings. The van der Waals surface area contributed by atoms with Gasteiger partial charge in [-0.1, -0.05) is 0 Å². The summed E-state index contributed by atoms with van der Waals surface area (Å²) < 4.78 is 44.2. The zero-order chi connectivity index (χ0) is 12.6. The van der Waals surface area contributed by atoms with E-state index >= 15 is 0 Å². The van der Waals surface area contributed by atoms with Crippen molar-refractivity contribution in [3.63, 3.8) is 0 Å². The largest absolute Gasteiger partial charge is 0.378 e. The van der Waals surface area contributed by atoms with E-state index in [1.165, 1.54) is 0 Å². The summed E-state index contributed by atoms with van der Waals surface area (Å²) in [6.07, 6.45) is 0.398. The maximum absolute atomic E-state index is 13.4. The second kappa shape index (κ2) is 4.49. The Morgan fingerprint density at radius 3 is 2.47 bits per heavy atom. The molecule has 0 bridgehead atoms. The lowest BCUT2D eigenvalue weighted by Gasteiger charge is -2.08. The van der Waals surface area contributed by atoms with Gasteiger partial charge in [-0.2, -0.15) is 0 Å². The highest BCUT2D eigenvalue weighted by atomic mass is 19.2. The molecule has 1 aliphatic heterocycles. The lowest BCUT2D eigenvalue weighted by molar-refractivity contribution is 0.0873. The third kappa shape index (κ3) is 2.34. The molecule has 0 spiro atoms. The van der Waals surface area contributed by atoms with Crippen molar-refractivity contribution >= 4 is 5.78 Å².